The van der Waals surface area contributed by atoms with Gasteiger partial charge < -0.3 is 16.0 Å². The first-order valence-corrected chi connectivity index (χ1v) is 10.6. The standard InChI is InChI=1S/C24H21Cl2N3O3/c1-14(2)22(30)27-20-7-9-21(10-8-20)28-23(31)15-3-5-19(6-4-15)29-24(32)16-11-17(25)13-18(26)12-16/h3-14H,1-2H3,(H,27,30)(H,28,31)(H,29,32). The lowest BCUT2D eigenvalue weighted by molar-refractivity contribution is -0.118. The third kappa shape index (κ3) is 6.33. The van der Waals surface area contributed by atoms with E-state index in [2.05, 4.69) is 16.0 Å². The molecular weight excluding hydrogens is 449 g/mol. The number of hydrogen-bond donors (Lipinski definition) is 3. The highest BCUT2D eigenvalue weighted by molar-refractivity contribution is 6.35. The number of amides is 3. The fourth-order valence-electron chi connectivity index (χ4n) is 2.72. The van der Waals surface area contributed by atoms with Crippen molar-refractivity contribution in [3.8, 4) is 0 Å². The molecule has 6 nitrogen and oxygen atoms in total. The van der Waals surface area contributed by atoms with E-state index in [4.69, 9.17) is 23.2 Å². The molecule has 3 amide bonds. The highest BCUT2D eigenvalue weighted by atomic mass is 35.5. The van der Waals surface area contributed by atoms with E-state index in [1.807, 2.05) is 13.8 Å². The summed E-state index contributed by atoms with van der Waals surface area (Å²) in [7, 11) is 0. The smallest absolute Gasteiger partial charge is 0.255 e. The average molecular weight is 470 g/mol. The third-order valence-corrected chi connectivity index (χ3v) is 4.90. The monoisotopic (exact) mass is 469 g/mol. The molecule has 0 heterocycles. The van der Waals surface area contributed by atoms with Crippen molar-refractivity contribution >= 4 is 58.0 Å². The summed E-state index contributed by atoms with van der Waals surface area (Å²) < 4.78 is 0. The van der Waals surface area contributed by atoms with Crippen LogP contribution in [0.1, 0.15) is 34.6 Å². The minimum Gasteiger partial charge on any atom is -0.326 e. The maximum atomic E-state index is 12.5. The molecule has 0 aromatic heterocycles. The Bertz CT molecular complexity index is 1120. The SMILES string of the molecule is CC(C)C(=O)Nc1ccc(NC(=O)c2ccc(NC(=O)c3cc(Cl)cc(Cl)c3)cc2)cc1. The Morgan fingerprint density at radius 3 is 1.50 bits per heavy atom. The van der Waals surface area contributed by atoms with E-state index in [1.54, 1.807) is 54.6 Å². The van der Waals surface area contributed by atoms with E-state index >= 15 is 0 Å². The van der Waals surface area contributed by atoms with Crippen LogP contribution < -0.4 is 16.0 Å². The second-order valence-electron chi connectivity index (χ2n) is 7.37. The van der Waals surface area contributed by atoms with Gasteiger partial charge in [0, 0.05) is 44.2 Å². The van der Waals surface area contributed by atoms with Crippen LogP contribution in [0.3, 0.4) is 0 Å². The molecule has 3 rings (SSSR count). The first-order valence-electron chi connectivity index (χ1n) is 9.81. The van der Waals surface area contributed by atoms with E-state index in [-0.39, 0.29) is 23.6 Å². The van der Waals surface area contributed by atoms with Gasteiger partial charge in [0.2, 0.25) is 5.91 Å². The lowest BCUT2D eigenvalue weighted by atomic mass is 10.1. The van der Waals surface area contributed by atoms with Gasteiger partial charge in [-0.15, -0.1) is 0 Å². The van der Waals surface area contributed by atoms with Crippen LogP contribution in [0.25, 0.3) is 0 Å². The molecular formula is C24H21Cl2N3O3. The zero-order chi connectivity index (χ0) is 23.3. The van der Waals surface area contributed by atoms with Gasteiger partial charge in [0.05, 0.1) is 0 Å². The van der Waals surface area contributed by atoms with Gasteiger partial charge in [0.25, 0.3) is 11.8 Å². The molecule has 0 saturated carbocycles. The number of rotatable bonds is 6. The molecule has 164 valence electrons. The van der Waals surface area contributed by atoms with E-state index in [0.717, 1.165) is 0 Å². The predicted molar refractivity (Wildman–Crippen MR) is 129 cm³/mol. The molecule has 0 aliphatic carbocycles. The van der Waals surface area contributed by atoms with Crippen molar-refractivity contribution in [2.75, 3.05) is 16.0 Å². The first kappa shape index (κ1) is 23.3. The van der Waals surface area contributed by atoms with Gasteiger partial charge in [-0.1, -0.05) is 37.0 Å². The summed E-state index contributed by atoms with van der Waals surface area (Å²) in [6.45, 7) is 3.63. The Balaban J connectivity index is 1.60. The van der Waals surface area contributed by atoms with Crippen LogP contribution in [0.5, 0.6) is 0 Å². The summed E-state index contributed by atoms with van der Waals surface area (Å²) in [5.74, 6) is -0.863. The van der Waals surface area contributed by atoms with Gasteiger partial charge in [-0.05, 0) is 66.7 Å². The zero-order valence-corrected chi connectivity index (χ0v) is 18.9. The summed E-state index contributed by atoms with van der Waals surface area (Å²) in [6.07, 6.45) is 0. The maximum absolute atomic E-state index is 12.5. The van der Waals surface area contributed by atoms with Gasteiger partial charge in [-0.2, -0.15) is 0 Å². The predicted octanol–water partition coefficient (Wildman–Crippen LogP) is 6.09. The first-order chi connectivity index (χ1) is 15.2. The Morgan fingerprint density at radius 1 is 0.625 bits per heavy atom. The number of benzene rings is 3. The van der Waals surface area contributed by atoms with Crippen LogP contribution in [-0.2, 0) is 4.79 Å². The number of carbonyl (C=O) groups excluding carboxylic acids is 3. The van der Waals surface area contributed by atoms with Crippen LogP contribution in [0, 0.1) is 5.92 Å². The summed E-state index contributed by atoms with van der Waals surface area (Å²) in [5.41, 5.74) is 2.52. The summed E-state index contributed by atoms with van der Waals surface area (Å²) in [5, 5.41) is 9.05. The van der Waals surface area contributed by atoms with Gasteiger partial charge in [-0.25, -0.2) is 0 Å². The van der Waals surface area contributed by atoms with Crippen molar-refractivity contribution in [2.24, 2.45) is 5.92 Å². The van der Waals surface area contributed by atoms with E-state index in [0.29, 0.717) is 38.2 Å². The maximum Gasteiger partial charge on any atom is 0.255 e. The fourth-order valence-corrected chi connectivity index (χ4v) is 3.25. The van der Waals surface area contributed by atoms with Gasteiger partial charge >= 0.3 is 0 Å². The van der Waals surface area contributed by atoms with E-state index < -0.39 is 0 Å². The molecule has 32 heavy (non-hydrogen) atoms. The molecule has 0 saturated heterocycles. The Hall–Kier alpha value is -3.35. The third-order valence-electron chi connectivity index (χ3n) is 4.46. The van der Waals surface area contributed by atoms with Gasteiger partial charge in [-0.3, -0.25) is 14.4 Å². The fraction of sp³-hybridized carbons (Fsp3) is 0.125. The normalized spacial score (nSPS) is 10.5. The van der Waals surface area contributed by atoms with Crippen LogP contribution in [0.2, 0.25) is 10.0 Å². The van der Waals surface area contributed by atoms with E-state index in [9.17, 15) is 14.4 Å². The zero-order valence-electron chi connectivity index (χ0n) is 17.4. The molecule has 0 radical (unpaired) electrons. The topological polar surface area (TPSA) is 87.3 Å². The molecule has 0 fully saturated rings. The van der Waals surface area contributed by atoms with Crippen LogP contribution in [-0.4, -0.2) is 17.7 Å². The number of hydrogen-bond acceptors (Lipinski definition) is 3. The second kappa shape index (κ2) is 10.3. The second-order valence-corrected chi connectivity index (χ2v) is 8.24. The highest BCUT2D eigenvalue weighted by Gasteiger charge is 2.11. The molecule has 3 N–H and O–H groups in total. The molecule has 0 aliphatic heterocycles. The number of carbonyl (C=O) groups is 3. The molecule has 0 aliphatic rings. The molecule has 3 aromatic carbocycles. The van der Waals surface area contributed by atoms with Gasteiger partial charge in [0.1, 0.15) is 0 Å². The Labute approximate surface area is 195 Å². The number of nitrogens with one attached hydrogen (secondary N) is 3. The van der Waals surface area contributed by atoms with Crippen molar-refractivity contribution in [1.29, 1.82) is 0 Å². The summed E-state index contributed by atoms with van der Waals surface area (Å²) >= 11 is 11.9. The van der Waals surface area contributed by atoms with Crippen LogP contribution in [0.15, 0.2) is 66.7 Å². The minimum absolute atomic E-state index is 0.0765. The summed E-state index contributed by atoms with van der Waals surface area (Å²) in [4.78, 5) is 36.6. The Kier molecular flexibility index (Phi) is 7.51. The van der Waals surface area contributed by atoms with Crippen molar-refractivity contribution in [2.45, 2.75) is 13.8 Å². The number of anilines is 3. The quantitative estimate of drug-likeness (QED) is 0.407. The lowest BCUT2D eigenvalue weighted by Gasteiger charge is -2.10. The van der Waals surface area contributed by atoms with Crippen molar-refractivity contribution in [1.82, 2.24) is 0 Å². The molecule has 0 unspecified atom stereocenters. The molecule has 0 bridgehead atoms. The lowest BCUT2D eigenvalue weighted by Crippen LogP contribution is -2.17. The van der Waals surface area contributed by atoms with Crippen LogP contribution in [0.4, 0.5) is 17.1 Å². The van der Waals surface area contributed by atoms with Crippen LogP contribution >= 0.6 is 23.2 Å². The van der Waals surface area contributed by atoms with E-state index in [1.165, 1.54) is 12.1 Å². The minimum atomic E-state index is -0.365. The molecule has 0 atom stereocenters. The molecule has 3 aromatic rings. The van der Waals surface area contributed by atoms with Gasteiger partial charge in [0.15, 0.2) is 0 Å². The Morgan fingerprint density at radius 2 is 1.03 bits per heavy atom. The largest absolute Gasteiger partial charge is 0.326 e. The van der Waals surface area contributed by atoms with Crippen molar-refractivity contribution < 1.29 is 14.4 Å². The van der Waals surface area contributed by atoms with Crippen molar-refractivity contribution in [3.05, 3.63) is 87.9 Å². The number of halogens is 2. The van der Waals surface area contributed by atoms with Crippen molar-refractivity contribution in [3.63, 3.8) is 0 Å². The molecule has 8 heteroatoms. The summed E-state index contributed by atoms with van der Waals surface area (Å²) in [6, 6.07) is 17.9. The molecule has 0 spiro atoms. The average Bonchev–Trinajstić information content (AvgIpc) is 2.74. The highest BCUT2D eigenvalue weighted by Crippen LogP contribution is 2.21.